The van der Waals surface area contributed by atoms with Crippen molar-refractivity contribution in [2.24, 2.45) is 5.73 Å². The highest BCUT2D eigenvalue weighted by atomic mass is 127. The molecule has 87 heavy (non-hydrogen) atoms. The van der Waals surface area contributed by atoms with Crippen molar-refractivity contribution < 1.29 is 79.5 Å². The van der Waals surface area contributed by atoms with Crippen molar-refractivity contribution in [1.82, 2.24) is 40.0 Å². The van der Waals surface area contributed by atoms with Crippen LogP contribution in [0.4, 0.5) is 31.5 Å². The van der Waals surface area contributed by atoms with Gasteiger partial charge in [-0.15, -0.1) is 0 Å². The highest BCUT2D eigenvalue weighted by molar-refractivity contribution is 14.1. The minimum absolute atomic E-state index is 0.0226. The second-order valence-electron chi connectivity index (χ2n) is 20.2. The van der Waals surface area contributed by atoms with Gasteiger partial charge in [0.05, 0.1) is 34.0 Å². The third-order valence-electron chi connectivity index (χ3n) is 8.53. The van der Waals surface area contributed by atoms with Gasteiger partial charge in [-0.05, 0) is 196 Å². The van der Waals surface area contributed by atoms with Gasteiger partial charge in [0.15, 0.2) is 0 Å². The van der Waals surface area contributed by atoms with E-state index in [2.05, 4.69) is 41.2 Å². The van der Waals surface area contributed by atoms with E-state index in [1.807, 2.05) is 88.5 Å². The lowest BCUT2D eigenvalue weighted by atomic mass is 10.2. The fraction of sp³-hybridized carbons (Fsp3) is 0.482. The average Bonchev–Trinajstić information content (AvgIpc) is 3.59. The van der Waals surface area contributed by atoms with Crippen LogP contribution in [0.1, 0.15) is 75.2 Å². The molecule has 4 N–H and O–H groups in total. The second kappa shape index (κ2) is 45.6. The summed E-state index contributed by atoms with van der Waals surface area (Å²) in [5.74, 6) is -3.00. The average molecular weight is 1750 g/mol. The number of alkyl carbamates (subject to hydrolysis) is 1. The van der Waals surface area contributed by atoms with E-state index in [9.17, 15) is 45.9 Å². The van der Waals surface area contributed by atoms with Crippen molar-refractivity contribution in [2.45, 2.75) is 92.0 Å². The smallest absolute Gasteiger partial charge is 0.410 e. The van der Waals surface area contributed by atoms with Gasteiger partial charge >= 0.3 is 18.2 Å². The van der Waals surface area contributed by atoms with E-state index in [-0.39, 0.29) is 74.7 Å². The van der Waals surface area contributed by atoms with Gasteiger partial charge in [-0.25, -0.2) is 9.59 Å². The number of alkyl halides is 1. The Bertz CT molecular complexity index is 2780. The van der Waals surface area contributed by atoms with Crippen molar-refractivity contribution in [3.8, 4) is 17.6 Å². The Labute approximate surface area is 568 Å². The van der Waals surface area contributed by atoms with Gasteiger partial charge in [0.25, 0.3) is 0 Å². The zero-order valence-electron chi connectivity index (χ0n) is 50.6. The van der Waals surface area contributed by atoms with Crippen LogP contribution in [0, 0.1) is 44.0 Å². The molecule has 0 saturated carbocycles. The fourth-order valence-corrected chi connectivity index (χ4v) is 6.22. The van der Waals surface area contributed by atoms with Crippen LogP contribution in [0.3, 0.4) is 0 Å². The highest BCUT2D eigenvalue weighted by Crippen LogP contribution is 2.17. The molecule has 4 heterocycles. The molecular formula is C56H77BrF5I4N9O12. The summed E-state index contributed by atoms with van der Waals surface area (Å²) in [6.07, 6.45) is 6.01. The number of aromatic nitrogens is 4. The topological polar surface area (TPSA) is 260 Å². The third kappa shape index (κ3) is 46.2. The minimum atomic E-state index is -0.784. The van der Waals surface area contributed by atoms with E-state index in [1.54, 1.807) is 141 Å². The molecule has 0 fully saturated rings. The van der Waals surface area contributed by atoms with E-state index >= 15 is 0 Å². The summed E-state index contributed by atoms with van der Waals surface area (Å²) >= 11 is 10.5. The van der Waals surface area contributed by atoms with Crippen molar-refractivity contribution in [3.63, 3.8) is 0 Å². The van der Waals surface area contributed by atoms with Crippen molar-refractivity contribution in [2.75, 3.05) is 86.1 Å². The minimum Gasteiger partial charge on any atom is -0.478 e. The molecule has 0 radical (unpaired) electrons. The number of ether oxygens (including phenoxy) is 6. The largest absolute Gasteiger partial charge is 0.478 e. The number of nitrogens with one attached hydrogen (secondary N) is 1. The molecule has 4 amide bonds. The Morgan fingerprint density at radius 1 is 0.598 bits per heavy atom. The molecular weight excluding hydrogens is 1670 g/mol. The number of nitrogens with two attached hydrogens (primary N) is 1. The number of pyridine rings is 4. The van der Waals surface area contributed by atoms with Gasteiger partial charge in [0.2, 0.25) is 59.2 Å². The SMILES string of the molecule is CC(C)(C)OC(=O)CCCOc1ccc(I)c(F)n1.CC(C)(C)OC(=O)NCCO.CN(C)C(=O)/C=C/CBr.CN(C)C(=O)/C=C/CN(CCOc1ccc(I)c(F)n1)C(=O)OC(C)(C)C.Fc1ccc(I)c(F)n1.NCCOc1ccc(I)c(F)n1. The van der Waals surface area contributed by atoms with Crippen LogP contribution in [-0.2, 0) is 28.6 Å². The number of hydrogen-bond acceptors (Lipinski definition) is 17. The first kappa shape index (κ1) is 84.5. The molecule has 0 unspecified atom stereocenters. The molecule has 0 atom stereocenters. The number of aliphatic hydroxyl groups excluding tert-OH is 1. The number of likely N-dealkylation sites (N-methyl/N-ethyl adjacent to an activating group) is 2. The van der Waals surface area contributed by atoms with E-state index in [4.69, 9.17) is 39.3 Å². The number of halogens is 10. The van der Waals surface area contributed by atoms with E-state index in [0.717, 1.165) is 11.4 Å². The molecule has 0 aromatic carbocycles. The van der Waals surface area contributed by atoms with Gasteiger partial charge in [0.1, 0.15) is 30.0 Å². The molecule has 31 heteroatoms. The van der Waals surface area contributed by atoms with Gasteiger partial charge in [0, 0.05) is 83.9 Å². The fourth-order valence-electron chi connectivity index (χ4n) is 4.83. The van der Waals surface area contributed by atoms with Crippen LogP contribution in [0.25, 0.3) is 0 Å². The molecule has 4 rings (SSSR count). The van der Waals surface area contributed by atoms with Gasteiger partial charge in [-0.2, -0.15) is 41.9 Å². The molecule has 488 valence electrons. The Balaban J connectivity index is 0. The summed E-state index contributed by atoms with van der Waals surface area (Å²) < 4.78 is 96.3. The molecule has 4 aromatic rings. The van der Waals surface area contributed by atoms with Crippen LogP contribution in [-0.4, -0.2) is 173 Å². The van der Waals surface area contributed by atoms with E-state index in [1.165, 1.54) is 32.9 Å². The standard InChI is InChI=1S/C18H25FIN3O4.C13H17FINO3.C7H8FIN2O.C7H15NO3.C6H10BrNO.C5H2F2IN/c1-18(2,3)27-17(25)23(10-6-7-15(24)22(4)5)11-12-26-14-9-8-13(20)16(19)21-14;1-13(2,3)19-11(17)5-4-8-18-10-7-6-9(15)12(14)16-10;8-7-5(9)1-2-6(11-7)12-4-3-10;1-7(2,3)11-6(10)8-4-5-9;1-8(2)6(9)4-3-5-7;6-4-2-1-3(8)5(7)9-4/h6-9H,10-12H2,1-5H3;6-7H,4-5,8H2,1-3H3;1-2H,3-4,10H2;9H,4-5H2,1-3H3,(H,8,10);3-4H,5H2,1-2H3;1-2H/b7-6+;;;;4-3+;. The lowest BCUT2D eigenvalue weighted by Crippen LogP contribution is -2.39. The van der Waals surface area contributed by atoms with Crippen LogP contribution < -0.4 is 25.3 Å². The number of nitrogens with zero attached hydrogens (tertiary/aromatic N) is 7. The van der Waals surface area contributed by atoms with E-state index in [0.29, 0.717) is 40.5 Å². The number of carbonyl (C=O) groups is 5. The van der Waals surface area contributed by atoms with Gasteiger partial charge < -0.3 is 59.3 Å². The lowest BCUT2D eigenvalue weighted by Gasteiger charge is -2.26. The van der Waals surface area contributed by atoms with Crippen LogP contribution in [0.15, 0.2) is 72.8 Å². The maximum atomic E-state index is 13.5. The molecule has 4 aromatic heterocycles. The summed E-state index contributed by atoms with van der Waals surface area (Å²) in [4.78, 5) is 75.0. The monoisotopic (exact) mass is 1750 g/mol. The Morgan fingerprint density at radius 3 is 1.37 bits per heavy atom. The zero-order valence-corrected chi connectivity index (χ0v) is 60.8. The number of carbonyl (C=O) groups excluding carboxylic acids is 5. The number of amides is 4. The summed E-state index contributed by atoms with van der Waals surface area (Å²) in [6, 6.07) is 12.0. The van der Waals surface area contributed by atoms with Crippen molar-refractivity contribution >= 4 is 136 Å². The quantitative estimate of drug-likeness (QED) is 0.0115. The predicted molar refractivity (Wildman–Crippen MR) is 357 cm³/mol. The maximum Gasteiger partial charge on any atom is 0.410 e. The number of hydrogen-bond donors (Lipinski definition) is 3. The first-order chi connectivity index (χ1) is 40.3. The molecule has 0 aliphatic rings. The third-order valence-corrected chi connectivity index (χ3v) is 12.1. The van der Waals surface area contributed by atoms with Crippen molar-refractivity contribution in [1.29, 1.82) is 0 Å². The second-order valence-corrected chi connectivity index (χ2v) is 25.5. The molecule has 21 nitrogen and oxygen atoms in total. The van der Waals surface area contributed by atoms with Crippen LogP contribution in [0.5, 0.6) is 17.6 Å². The molecule has 0 spiro atoms. The van der Waals surface area contributed by atoms with Crippen LogP contribution >= 0.6 is 106 Å². The first-order valence-corrected chi connectivity index (χ1v) is 31.4. The number of aliphatic hydroxyl groups is 1. The molecule has 0 bridgehead atoms. The van der Waals surface area contributed by atoms with Gasteiger partial charge in [-0.1, -0.05) is 28.1 Å². The maximum absolute atomic E-state index is 13.5. The summed E-state index contributed by atoms with van der Waals surface area (Å²) in [5, 5.41) is 11.4. The van der Waals surface area contributed by atoms with Gasteiger partial charge in [-0.3, -0.25) is 14.4 Å². The Kier molecular flexibility index (Phi) is 44.3. The molecule has 0 aliphatic carbocycles. The Hall–Kier alpha value is -4.60. The number of allylic oxidation sites excluding steroid dienone is 1. The molecule has 0 saturated heterocycles. The number of rotatable bonds is 19. The van der Waals surface area contributed by atoms with Crippen molar-refractivity contribution in [3.05, 3.63) is 117 Å². The highest BCUT2D eigenvalue weighted by Gasteiger charge is 2.22. The zero-order chi connectivity index (χ0) is 67.1. The van der Waals surface area contributed by atoms with Crippen LogP contribution in [0.2, 0.25) is 0 Å². The Morgan fingerprint density at radius 2 is 1.00 bits per heavy atom. The summed E-state index contributed by atoms with van der Waals surface area (Å²) in [5.41, 5.74) is 3.60. The predicted octanol–water partition coefficient (Wildman–Crippen LogP) is 11.1. The summed E-state index contributed by atoms with van der Waals surface area (Å²) in [7, 11) is 6.72. The normalized spacial score (nSPS) is 10.8. The first-order valence-electron chi connectivity index (χ1n) is 26.0. The number of esters is 1. The lowest BCUT2D eigenvalue weighted by molar-refractivity contribution is -0.155. The summed E-state index contributed by atoms with van der Waals surface area (Å²) in [6.45, 7) is 17.8. The molecule has 0 aliphatic heterocycles. The van der Waals surface area contributed by atoms with E-state index < -0.39 is 58.7 Å².